The highest BCUT2D eigenvalue weighted by Gasteiger charge is 2.41. The molecule has 3 aromatic rings. The Morgan fingerprint density at radius 2 is 1.77 bits per heavy atom. The van der Waals surface area contributed by atoms with Crippen LogP contribution < -0.4 is 4.74 Å². The molecule has 4 nitrogen and oxygen atoms in total. The Hall–Kier alpha value is -2.43. The number of Topliss-reactive ketones (excluding diaryl/α,β-unsaturated/α-hetero) is 1. The molecule has 2 aromatic carbocycles. The third-order valence-electron chi connectivity index (χ3n) is 6.74. The van der Waals surface area contributed by atoms with Crippen molar-refractivity contribution < 1.29 is 9.53 Å². The molecule has 0 aliphatic carbocycles. The van der Waals surface area contributed by atoms with Gasteiger partial charge in [-0.2, -0.15) is 0 Å². The number of hydrogen-bond acceptors (Lipinski definition) is 4. The number of pyridine rings is 1. The SMILES string of the molecule is CC(=O)CN1[C@@H]2CC[C@H]1C[C@H](Oc1ccc(-c3ccc4cccnc4c3C)cc1)C2.Cl. The smallest absolute Gasteiger partial charge is 0.143 e. The van der Waals surface area contributed by atoms with E-state index >= 15 is 0 Å². The van der Waals surface area contributed by atoms with Crippen LogP contribution in [0.5, 0.6) is 5.75 Å². The van der Waals surface area contributed by atoms with Gasteiger partial charge in [0.05, 0.1) is 12.1 Å². The van der Waals surface area contributed by atoms with Gasteiger partial charge in [0.2, 0.25) is 0 Å². The van der Waals surface area contributed by atoms with Crippen LogP contribution in [-0.4, -0.2) is 40.4 Å². The van der Waals surface area contributed by atoms with E-state index in [2.05, 4.69) is 59.3 Å². The summed E-state index contributed by atoms with van der Waals surface area (Å²) in [4.78, 5) is 18.5. The van der Waals surface area contributed by atoms with E-state index in [1.54, 1.807) is 6.92 Å². The summed E-state index contributed by atoms with van der Waals surface area (Å²) in [5, 5.41) is 1.17. The fourth-order valence-corrected chi connectivity index (χ4v) is 5.35. The number of aryl methyl sites for hydroxylation is 1. The molecule has 5 heteroatoms. The van der Waals surface area contributed by atoms with Gasteiger partial charge in [0.25, 0.3) is 0 Å². The minimum absolute atomic E-state index is 0. The second-order valence-electron chi connectivity index (χ2n) is 8.81. The average Bonchev–Trinajstić information content (AvgIpc) is 2.96. The lowest BCUT2D eigenvalue weighted by Gasteiger charge is -2.38. The van der Waals surface area contributed by atoms with Crippen LogP contribution in [0.15, 0.2) is 54.7 Å². The molecule has 0 saturated carbocycles. The van der Waals surface area contributed by atoms with Gasteiger partial charge in [0.1, 0.15) is 17.6 Å². The minimum atomic E-state index is 0. The highest BCUT2D eigenvalue weighted by Crippen LogP contribution is 2.37. The van der Waals surface area contributed by atoms with E-state index in [1.807, 2.05) is 12.3 Å². The van der Waals surface area contributed by atoms with Gasteiger partial charge in [-0.1, -0.05) is 30.3 Å². The number of halogens is 1. The van der Waals surface area contributed by atoms with Crippen molar-refractivity contribution in [2.45, 2.75) is 57.7 Å². The van der Waals surface area contributed by atoms with Crippen LogP contribution in [0.4, 0.5) is 0 Å². The van der Waals surface area contributed by atoms with E-state index in [-0.39, 0.29) is 24.3 Å². The van der Waals surface area contributed by atoms with Crippen LogP contribution in [-0.2, 0) is 4.79 Å². The zero-order valence-corrected chi connectivity index (χ0v) is 18.9. The van der Waals surface area contributed by atoms with Crippen molar-refractivity contribution in [3.63, 3.8) is 0 Å². The molecule has 1 aromatic heterocycles. The number of aromatic nitrogens is 1. The van der Waals surface area contributed by atoms with Crippen LogP contribution in [0.1, 0.15) is 38.2 Å². The molecular weight excluding hydrogens is 408 g/mol. The summed E-state index contributed by atoms with van der Waals surface area (Å²) >= 11 is 0. The monoisotopic (exact) mass is 436 g/mol. The van der Waals surface area contributed by atoms with Crippen LogP contribution >= 0.6 is 12.4 Å². The summed E-state index contributed by atoms with van der Waals surface area (Å²) in [5.74, 6) is 1.20. The van der Waals surface area contributed by atoms with Crippen molar-refractivity contribution in [2.24, 2.45) is 0 Å². The number of ketones is 1. The summed E-state index contributed by atoms with van der Waals surface area (Å²) < 4.78 is 6.36. The predicted molar refractivity (Wildman–Crippen MR) is 127 cm³/mol. The molecule has 0 spiro atoms. The zero-order valence-electron chi connectivity index (χ0n) is 18.1. The predicted octanol–water partition coefficient (Wildman–Crippen LogP) is 5.60. The average molecular weight is 437 g/mol. The largest absolute Gasteiger partial charge is 0.490 e. The topological polar surface area (TPSA) is 42.4 Å². The van der Waals surface area contributed by atoms with Crippen molar-refractivity contribution in [1.82, 2.24) is 9.88 Å². The molecule has 2 aliphatic heterocycles. The lowest BCUT2D eigenvalue weighted by atomic mass is 9.97. The van der Waals surface area contributed by atoms with Gasteiger partial charge < -0.3 is 4.74 Å². The fraction of sp³-hybridized carbons (Fsp3) is 0.385. The van der Waals surface area contributed by atoms with Crippen molar-refractivity contribution in [3.05, 3.63) is 60.3 Å². The van der Waals surface area contributed by atoms with Gasteiger partial charge in [0.15, 0.2) is 0 Å². The molecule has 5 rings (SSSR count). The number of rotatable bonds is 5. The first kappa shape index (κ1) is 21.8. The maximum Gasteiger partial charge on any atom is 0.143 e. The van der Waals surface area contributed by atoms with Crippen molar-refractivity contribution >= 4 is 29.1 Å². The van der Waals surface area contributed by atoms with Gasteiger partial charge in [-0.25, -0.2) is 0 Å². The van der Waals surface area contributed by atoms with E-state index in [1.165, 1.54) is 34.9 Å². The molecular formula is C26H29ClN2O2. The van der Waals surface area contributed by atoms with Crippen LogP contribution in [0, 0.1) is 6.92 Å². The maximum atomic E-state index is 11.6. The first-order chi connectivity index (χ1) is 14.6. The molecule has 2 saturated heterocycles. The summed E-state index contributed by atoms with van der Waals surface area (Å²) in [6.07, 6.45) is 6.49. The molecule has 162 valence electrons. The Morgan fingerprint density at radius 3 is 2.45 bits per heavy atom. The number of benzene rings is 2. The molecule has 2 bridgehead atoms. The van der Waals surface area contributed by atoms with Gasteiger partial charge in [-0.15, -0.1) is 12.4 Å². The number of carbonyl (C=O) groups is 1. The second kappa shape index (κ2) is 8.97. The van der Waals surface area contributed by atoms with Gasteiger partial charge in [-0.05, 0) is 74.4 Å². The highest BCUT2D eigenvalue weighted by molar-refractivity contribution is 5.88. The van der Waals surface area contributed by atoms with E-state index in [0.717, 1.165) is 24.1 Å². The molecule has 0 amide bonds. The van der Waals surface area contributed by atoms with Crippen molar-refractivity contribution in [2.75, 3.05) is 6.54 Å². The second-order valence-corrected chi connectivity index (χ2v) is 8.81. The lowest BCUT2D eigenvalue weighted by molar-refractivity contribution is -0.119. The lowest BCUT2D eigenvalue weighted by Crippen LogP contribution is -2.47. The molecule has 0 unspecified atom stereocenters. The molecule has 0 radical (unpaired) electrons. The highest BCUT2D eigenvalue weighted by atomic mass is 35.5. The normalized spacial score (nSPS) is 22.8. The van der Waals surface area contributed by atoms with Gasteiger partial charge in [-0.3, -0.25) is 14.7 Å². The van der Waals surface area contributed by atoms with E-state index in [0.29, 0.717) is 18.6 Å². The number of nitrogens with zero attached hydrogens (tertiary/aromatic N) is 2. The molecule has 2 fully saturated rings. The first-order valence-corrected chi connectivity index (χ1v) is 10.9. The summed E-state index contributed by atoms with van der Waals surface area (Å²) in [7, 11) is 0. The Balaban J connectivity index is 0.00000231. The summed E-state index contributed by atoms with van der Waals surface area (Å²) in [5.41, 5.74) is 4.66. The Labute approximate surface area is 190 Å². The zero-order chi connectivity index (χ0) is 20.7. The number of hydrogen-bond donors (Lipinski definition) is 0. The van der Waals surface area contributed by atoms with Gasteiger partial charge >= 0.3 is 0 Å². The van der Waals surface area contributed by atoms with Crippen LogP contribution in [0.2, 0.25) is 0 Å². The fourth-order valence-electron chi connectivity index (χ4n) is 5.35. The number of fused-ring (bicyclic) bond motifs is 3. The quantitative estimate of drug-likeness (QED) is 0.522. The van der Waals surface area contributed by atoms with Crippen LogP contribution in [0.25, 0.3) is 22.0 Å². The number of ether oxygens (including phenoxy) is 1. The van der Waals surface area contributed by atoms with Gasteiger partial charge in [0, 0.05) is 23.7 Å². The molecule has 0 N–H and O–H groups in total. The van der Waals surface area contributed by atoms with E-state index in [4.69, 9.17) is 4.74 Å². The number of piperidine rings is 1. The third-order valence-corrected chi connectivity index (χ3v) is 6.74. The molecule has 3 atom stereocenters. The van der Waals surface area contributed by atoms with Crippen molar-refractivity contribution in [1.29, 1.82) is 0 Å². The summed E-state index contributed by atoms with van der Waals surface area (Å²) in [6, 6.07) is 17.8. The Morgan fingerprint density at radius 1 is 1.06 bits per heavy atom. The third kappa shape index (κ3) is 4.32. The molecule has 3 heterocycles. The first-order valence-electron chi connectivity index (χ1n) is 10.9. The summed E-state index contributed by atoms with van der Waals surface area (Å²) in [6.45, 7) is 4.42. The number of carbonyl (C=O) groups excluding carboxylic acids is 1. The van der Waals surface area contributed by atoms with Crippen molar-refractivity contribution in [3.8, 4) is 16.9 Å². The molecule has 2 aliphatic rings. The molecule has 31 heavy (non-hydrogen) atoms. The Bertz CT molecular complexity index is 1070. The van der Waals surface area contributed by atoms with E-state index < -0.39 is 0 Å². The van der Waals surface area contributed by atoms with Crippen LogP contribution in [0.3, 0.4) is 0 Å². The minimum Gasteiger partial charge on any atom is -0.490 e. The Kier molecular flexibility index (Phi) is 6.31. The standard InChI is InChI=1S/C26H28N2O2.ClH/c1-17(29)16-28-21-8-9-22(28)15-24(14-21)30-23-10-5-19(6-11-23)25-12-7-20-4-3-13-27-26(20)18(25)2;/h3-7,10-13,21-22,24H,8-9,14-16H2,1-2H3;1H/t21-,22+,24-;. The maximum absolute atomic E-state index is 11.6. The van der Waals surface area contributed by atoms with E-state index in [9.17, 15) is 4.79 Å².